The molecule has 3 heterocycles. The van der Waals surface area contributed by atoms with Gasteiger partial charge in [0, 0.05) is 18.2 Å². The van der Waals surface area contributed by atoms with Crippen LogP contribution in [0.1, 0.15) is 39.5 Å². The molecule has 1 amide bonds. The zero-order valence-corrected chi connectivity index (χ0v) is 21.3. The number of nitrogen functional groups attached to an aromatic ring is 1. The lowest BCUT2D eigenvalue weighted by Crippen LogP contribution is -2.29. The molecule has 0 radical (unpaired) electrons. The first-order valence-electron chi connectivity index (χ1n) is 12.7. The molecule has 38 heavy (non-hydrogen) atoms. The Kier molecular flexibility index (Phi) is 6.95. The van der Waals surface area contributed by atoms with Crippen LogP contribution in [0.15, 0.2) is 54.9 Å². The molecule has 4 aromatic rings. The SMILES string of the molecule is CC(C)Oc1ccc2nc(-c3cccnc3N)n(-c3ccc(NC(=O)C4CCC(C(=O)O)CC4)nc3)c2c1. The van der Waals surface area contributed by atoms with Crippen molar-refractivity contribution in [2.24, 2.45) is 11.8 Å². The minimum absolute atomic E-state index is 0.0148. The van der Waals surface area contributed by atoms with Gasteiger partial charge >= 0.3 is 5.97 Å². The van der Waals surface area contributed by atoms with Gasteiger partial charge < -0.3 is 20.9 Å². The number of pyridine rings is 2. The van der Waals surface area contributed by atoms with Crippen molar-refractivity contribution in [1.29, 1.82) is 0 Å². The Morgan fingerprint density at radius 2 is 1.84 bits per heavy atom. The van der Waals surface area contributed by atoms with Gasteiger partial charge in [-0.3, -0.25) is 14.2 Å². The van der Waals surface area contributed by atoms with Crippen LogP contribution < -0.4 is 15.8 Å². The number of aliphatic carboxylic acids is 1. The Labute approximate surface area is 219 Å². The van der Waals surface area contributed by atoms with Crippen LogP contribution in [0.3, 0.4) is 0 Å². The molecule has 0 spiro atoms. The van der Waals surface area contributed by atoms with E-state index in [4.69, 9.17) is 15.5 Å². The molecule has 1 aromatic carbocycles. The molecule has 0 atom stereocenters. The van der Waals surface area contributed by atoms with Crippen molar-refractivity contribution < 1.29 is 19.4 Å². The number of ether oxygens (including phenoxy) is 1. The van der Waals surface area contributed by atoms with Crippen LogP contribution in [-0.4, -0.2) is 42.6 Å². The van der Waals surface area contributed by atoms with E-state index in [1.54, 1.807) is 18.5 Å². The zero-order valence-electron chi connectivity index (χ0n) is 21.3. The van der Waals surface area contributed by atoms with E-state index in [9.17, 15) is 14.7 Å². The molecule has 0 bridgehead atoms. The summed E-state index contributed by atoms with van der Waals surface area (Å²) >= 11 is 0. The van der Waals surface area contributed by atoms with Gasteiger partial charge in [-0.1, -0.05) is 0 Å². The van der Waals surface area contributed by atoms with E-state index in [2.05, 4.69) is 15.3 Å². The second kappa shape index (κ2) is 10.5. The third-order valence-electron chi connectivity index (χ3n) is 6.78. The van der Waals surface area contributed by atoms with E-state index in [-0.39, 0.29) is 23.8 Å². The van der Waals surface area contributed by atoms with Crippen molar-refractivity contribution >= 4 is 34.5 Å². The Bertz CT molecular complexity index is 1470. The molecule has 4 N–H and O–H groups in total. The van der Waals surface area contributed by atoms with Gasteiger partial charge in [-0.25, -0.2) is 15.0 Å². The molecule has 1 fully saturated rings. The first-order chi connectivity index (χ1) is 18.3. The monoisotopic (exact) mass is 514 g/mol. The second-order valence-corrected chi connectivity index (χ2v) is 9.80. The summed E-state index contributed by atoms with van der Waals surface area (Å²) in [5.74, 6) is 0.604. The van der Waals surface area contributed by atoms with Crippen LogP contribution in [0.2, 0.25) is 0 Å². The smallest absolute Gasteiger partial charge is 0.306 e. The molecule has 1 aliphatic carbocycles. The Morgan fingerprint density at radius 1 is 1.08 bits per heavy atom. The van der Waals surface area contributed by atoms with Crippen molar-refractivity contribution in [1.82, 2.24) is 19.5 Å². The van der Waals surface area contributed by atoms with Gasteiger partial charge in [-0.05, 0) is 75.9 Å². The van der Waals surface area contributed by atoms with Crippen molar-refractivity contribution in [3.05, 3.63) is 54.9 Å². The minimum atomic E-state index is -0.788. The van der Waals surface area contributed by atoms with Gasteiger partial charge in [0.15, 0.2) is 0 Å². The topological polar surface area (TPSA) is 145 Å². The van der Waals surface area contributed by atoms with E-state index < -0.39 is 5.97 Å². The van der Waals surface area contributed by atoms with Gasteiger partial charge in [0.2, 0.25) is 5.91 Å². The average molecular weight is 515 g/mol. The summed E-state index contributed by atoms with van der Waals surface area (Å²) in [5.41, 5.74) is 9.19. The molecule has 0 aliphatic heterocycles. The van der Waals surface area contributed by atoms with Crippen LogP contribution in [0, 0.1) is 11.8 Å². The number of aromatic nitrogens is 4. The summed E-state index contributed by atoms with van der Waals surface area (Å²) in [6.07, 6.45) is 5.45. The Morgan fingerprint density at radius 3 is 2.50 bits per heavy atom. The number of benzene rings is 1. The summed E-state index contributed by atoms with van der Waals surface area (Å²) in [5, 5.41) is 12.1. The maximum Gasteiger partial charge on any atom is 0.306 e. The summed E-state index contributed by atoms with van der Waals surface area (Å²) in [6.45, 7) is 3.94. The molecule has 3 aromatic heterocycles. The lowest BCUT2D eigenvalue weighted by molar-refractivity contribution is -0.143. The number of rotatable bonds is 7. The number of nitrogens with zero attached hydrogens (tertiary/aromatic N) is 4. The number of amides is 1. The quantitative estimate of drug-likeness (QED) is 0.322. The maximum absolute atomic E-state index is 12.8. The summed E-state index contributed by atoms with van der Waals surface area (Å²) in [7, 11) is 0. The zero-order chi connectivity index (χ0) is 26.8. The van der Waals surface area contributed by atoms with Gasteiger partial charge in [0.05, 0.1) is 40.5 Å². The molecule has 0 unspecified atom stereocenters. The average Bonchev–Trinajstić information content (AvgIpc) is 3.27. The van der Waals surface area contributed by atoms with Crippen molar-refractivity contribution in [3.8, 4) is 22.8 Å². The number of anilines is 2. The van der Waals surface area contributed by atoms with Gasteiger partial charge in [0.25, 0.3) is 0 Å². The highest BCUT2D eigenvalue weighted by Crippen LogP contribution is 2.33. The van der Waals surface area contributed by atoms with Crippen LogP contribution in [0.5, 0.6) is 5.75 Å². The Hall–Kier alpha value is -4.47. The summed E-state index contributed by atoms with van der Waals surface area (Å²) in [6, 6.07) is 13.0. The fourth-order valence-electron chi connectivity index (χ4n) is 4.87. The van der Waals surface area contributed by atoms with Crippen molar-refractivity contribution in [2.45, 2.75) is 45.6 Å². The maximum atomic E-state index is 12.8. The van der Waals surface area contributed by atoms with Gasteiger partial charge in [-0.2, -0.15) is 0 Å². The molecule has 0 saturated heterocycles. The molecule has 196 valence electrons. The number of fused-ring (bicyclic) bond motifs is 1. The van der Waals surface area contributed by atoms with Crippen LogP contribution in [-0.2, 0) is 9.59 Å². The standard InChI is InChI=1S/C28H30N6O4/c1-16(2)38-20-10-11-22-23(14-20)34(26(32-22)21-4-3-13-30-25(21)29)19-9-12-24(31-15-19)33-27(35)17-5-7-18(8-6-17)28(36)37/h3-4,9-18H,5-8H2,1-2H3,(H2,29,30)(H,36,37)(H,31,33,35). The lowest BCUT2D eigenvalue weighted by atomic mass is 9.81. The summed E-state index contributed by atoms with van der Waals surface area (Å²) in [4.78, 5) is 37.5. The number of carboxylic acid groups (broad SMARTS) is 1. The number of hydrogen-bond donors (Lipinski definition) is 3. The number of carboxylic acids is 1. The lowest BCUT2D eigenvalue weighted by Gasteiger charge is -2.25. The van der Waals surface area contributed by atoms with Crippen LogP contribution in [0.4, 0.5) is 11.6 Å². The highest BCUT2D eigenvalue weighted by Gasteiger charge is 2.30. The van der Waals surface area contributed by atoms with E-state index in [1.807, 2.05) is 54.8 Å². The van der Waals surface area contributed by atoms with Crippen molar-refractivity contribution in [2.75, 3.05) is 11.1 Å². The molecule has 10 nitrogen and oxygen atoms in total. The van der Waals surface area contributed by atoms with Crippen molar-refractivity contribution in [3.63, 3.8) is 0 Å². The number of imidazole rings is 1. The largest absolute Gasteiger partial charge is 0.491 e. The van der Waals surface area contributed by atoms with Crippen LogP contribution >= 0.6 is 0 Å². The van der Waals surface area contributed by atoms with E-state index in [1.165, 1.54) is 0 Å². The minimum Gasteiger partial charge on any atom is -0.491 e. The van der Waals surface area contributed by atoms with E-state index in [0.29, 0.717) is 54.5 Å². The molecule has 5 rings (SSSR count). The Balaban J connectivity index is 1.45. The van der Waals surface area contributed by atoms with Gasteiger partial charge in [-0.15, -0.1) is 0 Å². The number of carbonyl (C=O) groups is 2. The third-order valence-corrected chi connectivity index (χ3v) is 6.78. The first kappa shape index (κ1) is 25.2. The molecular weight excluding hydrogens is 484 g/mol. The molecular formula is C28H30N6O4. The van der Waals surface area contributed by atoms with E-state index >= 15 is 0 Å². The highest BCUT2D eigenvalue weighted by atomic mass is 16.5. The number of nitrogens with two attached hydrogens (primary N) is 1. The molecule has 10 heteroatoms. The fourth-order valence-corrected chi connectivity index (χ4v) is 4.87. The summed E-state index contributed by atoms with van der Waals surface area (Å²) < 4.78 is 7.86. The number of hydrogen-bond acceptors (Lipinski definition) is 7. The second-order valence-electron chi connectivity index (χ2n) is 9.80. The van der Waals surface area contributed by atoms with Gasteiger partial charge in [0.1, 0.15) is 23.2 Å². The van der Waals surface area contributed by atoms with E-state index in [0.717, 1.165) is 16.7 Å². The third kappa shape index (κ3) is 5.15. The molecule has 1 aliphatic rings. The predicted octanol–water partition coefficient (Wildman–Crippen LogP) is 4.68. The predicted molar refractivity (Wildman–Crippen MR) is 144 cm³/mol. The van der Waals surface area contributed by atoms with Crippen LogP contribution in [0.25, 0.3) is 28.1 Å². The fraction of sp³-hybridized carbons (Fsp3) is 0.321. The molecule has 1 saturated carbocycles. The highest BCUT2D eigenvalue weighted by molar-refractivity contribution is 5.92. The number of carbonyl (C=O) groups excluding carboxylic acids is 1. The first-order valence-corrected chi connectivity index (χ1v) is 12.7. The number of nitrogens with one attached hydrogen (secondary N) is 1. The normalized spacial score (nSPS) is 17.4.